The van der Waals surface area contributed by atoms with Crippen LogP contribution >= 0.6 is 23.2 Å². The topological polar surface area (TPSA) is 67.9 Å². The van der Waals surface area contributed by atoms with Gasteiger partial charge in [-0.2, -0.15) is 0 Å². The summed E-state index contributed by atoms with van der Waals surface area (Å²) in [4.78, 5) is 28.7. The van der Waals surface area contributed by atoms with E-state index in [0.29, 0.717) is 40.1 Å². The van der Waals surface area contributed by atoms with E-state index in [0.717, 1.165) is 5.56 Å². The lowest BCUT2D eigenvalue weighted by Gasteiger charge is -2.32. The summed E-state index contributed by atoms with van der Waals surface area (Å²) >= 11 is 12.6. The number of hydrogen-bond donors (Lipinski definition) is 1. The maximum absolute atomic E-state index is 13.7. The fraction of sp³-hybridized carbons (Fsp3) is 0.310. The minimum absolute atomic E-state index is 0.108. The summed E-state index contributed by atoms with van der Waals surface area (Å²) in [6.07, 6.45) is 0.330. The predicted octanol–water partition coefficient (Wildman–Crippen LogP) is 5.79. The minimum atomic E-state index is -0.790. The molecule has 196 valence electrons. The van der Waals surface area contributed by atoms with Crippen LogP contribution in [0.3, 0.4) is 0 Å². The lowest BCUT2D eigenvalue weighted by Crippen LogP contribution is -2.52. The summed E-state index contributed by atoms with van der Waals surface area (Å²) in [5, 5.41) is 3.89. The highest BCUT2D eigenvalue weighted by atomic mass is 35.5. The molecule has 3 aromatic carbocycles. The van der Waals surface area contributed by atoms with Gasteiger partial charge >= 0.3 is 0 Å². The van der Waals surface area contributed by atoms with Crippen molar-refractivity contribution >= 4 is 35.0 Å². The number of amides is 2. The normalized spacial score (nSPS) is 11.6. The van der Waals surface area contributed by atoms with Gasteiger partial charge < -0.3 is 19.7 Å². The lowest BCUT2D eigenvalue weighted by molar-refractivity contribution is -0.142. The number of nitrogens with one attached hydrogen (secondary N) is 1. The highest BCUT2D eigenvalue weighted by Gasteiger charge is 2.31. The van der Waals surface area contributed by atoms with Crippen molar-refractivity contribution in [3.8, 4) is 11.5 Å². The molecule has 0 unspecified atom stereocenters. The van der Waals surface area contributed by atoms with Crippen molar-refractivity contribution in [1.29, 1.82) is 0 Å². The van der Waals surface area contributed by atoms with Gasteiger partial charge in [-0.3, -0.25) is 9.59 Å². The number of halogens is 2. The Labute approximate surface area is 228 Å². The van der Waals surface area contributed by atoms with Crippen LogP contribution in [0.15, 0.2) is 72.8 Å². The molecule has 0 fully saturated rings. The monoisotopic (exact) mass is 542 g/mol. The average molecular weight is 543 g/mol. The van der Waals surface area contributed by atoms with E-state index in [1.807, 2.05) is 50.2 Å². The van der Waals surface area contributed by atoms with E-state index in [2.05, 4.69) is 5.32 Å². The second-order valence-corrected chi connectivity index (χ2v) is 9.89. The van der Waals surface area contributed by atoms with Crippen LogP contribution < -0.4 is 14.8 Å². The average Bonchev–Trinajstić information content (AvgIpc) is 2.89. The standard InChI is InChI=1S/C29H32Cl2N2O4/c1-20(2)17-32-29(35)25(15-21-9-5-4-6-10-21)33(18-22-13-14-23(30)16-24(22)31)28(34)19-37-27-12-8-7-11-26(27)36-3/h4-14,16,20,25H,15,17-19H2,1-3H3,(H,32,35)/t25-/m0/s1. The molecule has 3 aromatic rings. The summed E-state index contributed by atoms with van der Waals surface area (Å²) in [6, 6.07) is 21.0. The molecule has 0 aliphatic rings. The van der Waals surface area contributed by atoms with E-state index in [4.69, 9.17) is 32.7 Å². The molecule has 0 aromatic heterocycles. The maximum atomic E-state index is 13.7. The lowest BCUT2D eigenvalue weighted by atomic mass is 10.0. The SMILES string of the molecule is COc1ccccc1OCC(=O)N(Cc1ccc(Cl)cc1Cl)[C@@H](Cc1ccccc1)C(=O)NCC(C)C. The number of ether oxygens (including phenoxy) is 2. The van der Waals surface area contributed by atoms with Crippen molar-refractivity contribution in [2.45, 2.75) is 32.9 Å². The highest BCUT2D eigenvalue weighted by Crippen LogP contribution is 2.27. The molecule has 0 bridgehead atoms. The zero-order valence-corrected chi connectivity index (χ0v) is 22.8. The van der Waals surface area contributed by atoms with E-state index >= 15 is 0 Å². The van der Waals surface area contributed by atoms with Crippen LogP contribution in [0.2, 0.25) is 10.0 Å². The van der Waals surface area contributed by atoms with Crippen LogP contribution in [0.4, 0.5) is 0 Å². The summed E-state index contributed by atoms with van der Waals surface area (Å²) in [7, 11) is 1.54. The Morgan fingerprint density at radius 3 is 2.27 bits per heavy atom. The Bertz CT molecular complexity index is 1190. The van der Waals surface area contributed by atoms with Crippen LogP contribution in [0, 0.1) is 5.92 Å². The summed E-state index contributed by atoms with van der Waals surface area (Å²) < 4.78 is 11.2. The number of nitrogens with zero attached hydrogens (tertiary/aromatic N) is 1. The molecule has 0 radical (unpaired) electrons. The van der Waals surface area contributed by atoms with Gasteiger partial charge in [0, 0.05) is 29.6 Å². The zero-order chi connectivity index (χ0) is 26.8. The molecule has 1 N–H and O–H groups in total. The summed E-state index contributed by atoms with van der Waals surface area (Å²) in [5.41, 5.74) is 1.60. The first-order chi connectivity index (χ1) is 17.8. The summed E-state index contributed by atoms with van der Waals surface area (Å²) in [6.45, 7) is 4.35. The van der Waals surface area contributed by atoms with Gasteiger partial charge in [-0.05, 0) is 41.3 Å². The van der Waals surface area contributed by atoms with Gasteiger partial charge in [0.1, 0.15) is 6.04 Å². The number of carbonyl (C=O) groups is 2. The zero-order valence-electron chi connectivity index (χ0n) is 21.2. The van der Waals surface area contributed by atoms with Gasteiger partial charge in [0.2, 0.25) is 5.91 Å². The van der Waals surface area contributed by atoms with E-state index in [-0.39, 0.29) is 30.9 Å². The molecular formula is C29H32Cl2N2O4. The Hall–Kier alpha value is -3.22. The molecule has 3 rings (SSSR count). The second kappa shape index (κ2) is 13.9. The molecule has 37 heavy (non-hydrogen) atoms. The van der Waals surface area contributed by atoms with Gasteiger partial charge in [-0.15, -0.1) is 0 Å². The van der Waals surface area contributed by atoms with E-state index < -0.39 is 6.04 Å². The number of para-hydroxylation sites is 2. The van der Waals surface area contributed by atoms with Crippen molar-refractivity contribution in [3.05, 3.63) is 94.0 Å². The van der Waals surface area contributed by atoms with Crippen LogP contribution in [0.5, 0.6) is 11.5 Å². The first-order valence-corrected chi connectivity index (χ1v) is 12.8. The molecule has 0 heterocycles. The van der Waals surface area contributed by atoms with Gasteiger partial charge in [0.25, 0.3) is 5.91 Å². The molecule has 0 aliphatic heterocycles. The highest BCUT2D eigenvalue weighted by molar-refractivity contribution is 6.35. The fourth-order valence-electron chi connectivity index (χ4n) is 3.77. The van der Waals surface area contributed by atoms with Crippen LogP contribution in [0.1, 0.15) is 25.0 Å². The molecule has 1 atom stereocenters. The van der Waals surface area contributed by atoms with E-state index in [1.54, 1.807) is 36.4 Å². The number of methoxy groups -OCH3 is 1. The molecule has 0 spiro atoms. The Kier molecular flexibility index (Phi) is 10.7. The number of rotatable bonds is 12. The molecule has 0 saturated carbocycles. The maximum Gasteiger partial charge on any atom is 0.261 e. The first-order valence-electron chi connectivity index (χ1n) is 12.1. The smallest absolute Gasteiger partial charge is 0.261 e. The van der Waals surface area contributed by atoms with Crippen LogP contribution in [-0.2, 0) is 22.6 Å². The van der Waals surface area contributed by atoms with Gasteiger partial charge in [-0.1, -0.05) is 85.6 Å². The van der Waals surface area contributed by atoms with Crippen molar-refractivity contribution in [1.82, 2.24) is 10.2 Å². The Morgan fingerprint density at radius 1 is 0.946 bits per heavy atom. The van der Waals surface area contributed by atoms with Gasteiger partial charge in [0.15, 0.2) is 18.1 Å². The van der Waals surface area contributed by atoms with E-state index in [1.165, 1.54) is 12.0 Å². The van der Waals surface area contributed by atoms with Crippen molar-refractivity contribution < 1.29 is 19.1 Å². The van der Waals surface area contributed by atoms with Crippen molar-refractivity contribution in [3.63, 3.8) is 0 Å². The van der Waals surface area contributed by atoms with E-state index in [9.17, 15) is 9.59 Å². The first kappa shape index (κ1) is 28.4. The van der Waals surface area contributed by atoms with Crippen LogP contribution in [-0.4, -0.2) is 43.0 Å². The Morgan fingerprint density at radius 2 is 1.62 bits per heavy atom. The number of benzene rings is 3. The third-order valence-electron chi connectivity index (χ3n) is 5.73. The molecule has 0 saturated heterocycles. The molecule has 8 heteroatoms. The van der Waals surface area contributed by atoms with Gasteiger partial charge in [0.05, 0.1) is 7.11 Å². The van der Waals surface area contributed by atoms with Gasteiger partial charge in [-0.25, -0.2) is 0 Å². The second-order valence-electron chi connectivity index (χ2n) is 9.04. The molecule has 6 nitrogen and oxygen atoms in total. The largest absolute Gasteiger partial charge is 0.493 e. The van der Waals surface area contributed by atoms with Crippen molar-refractivity contribution in [2.24, 2.45) is 5.92 Å². The minimum Gasteiger partial charge on any atom is -0.493 e. The predicted molar refractivity (Wildman–Crippen MR) is 147 cm³/mol. The molecular weight excluding hydrogens is 511 g/mol. The Balaban J connectivity index is 1.94. The number of hydrogen-bond acceptors (Lipinski definition) is 4. The molecule has 2 amide bonds. The quantitative estimate of drug-likeness (QED) is 0.314. The van der Waals surface area contributed by atoms with Crippen molar-refractivity contribution in [2.75, 3.05) is 20.3 Å². The number of carbonyl (C=O) groups excluding carboxylic acids is 2. The fourth-order valence-corrected chi connectivity index (χ4v) is 4.24. The van der Waals surface area contributed by atoms with Crippen LogP contribution in [0.25, 0.3) is 0 Å². The third-order valence-corrected chi connectivity index (χ3v) is 6.32. The third kappa shape index (κ3) is 8.41. The molecule has 0 aliphatic carbocycles. The summed E-state index contributed by atoms with van der Waals surface area (Å²) in [5.74, 6) is 0.598.